The highest BCUT2D eigenvalue weighted by atomic mass is 16.7. The van der Waals surface area contributed by atoms with Gasteiger partial charge < -0.3 is 52.8 Å². The van der Waals surface area contributed by atoms with Gasteiger partial charge >= 0.3 is 0 Å². The van der Waals surface area contributed by atoms with E-state index in [0.29, 0.717) is 69.7 Å². The van der Waals surface area contributed by atoms with E-state index in [0.717, 1.165) is 162 Å². The molecule has 0 saturated carbocycles. The number of benzene rings is 3. The molecule has 6 rings (SSSR count). The molecule has 3 heterocycles. The molecule has 8 atom stereocenters. The zero-order chi connectivity index (χ0) is 69.1. The highest BCUT2D eigenvalue weighted by Gasteiger charge is 2.24. The Bertz CT molecular complexity index is 2750. The molecule has 3 aromatic carbocycles. The highest BCUT2D eigenvalue weighted by molar-refractivity contribution is 6.10. The minimum Gasteiger partial charge on any atom is -0.489 e. The summed E-state index contributed by atoms with van der Waals surface area (Å²) in [5.74, 6) is 20.2. The van der Waals surface area contributed by atoms with Crippen molar-refractivity contribution in [2.24, 2.45) is 0 Å². The van der Waals surface area contributed by atoms with E-state index in [4.69, 9.17) is 42.6 Å². The lowest BCUT2D eigenvalue weighted by atomic mass is 9.98. The van der Waals surface area contributed by atoms with Gasteiger partial charge in [-0.2, -0.15) is 0 Å². The van der Waals surface area contributed by atoms with Crippen LogP contribution in [0.15, 0.2) is 131 Å². The van der Waals surface area contributed by atoms with E-state index in [2.05, 4.69) is 95.8 Å². The van der Waals surface area contributed by atoms with Gasteiger partial charge in [0.05, 0.1) is 18.3 Å². The van der Waals surface area contributed by atoms with Gasteiger partial charge in [-0.3, -0.25) is 4.79 Å². The Hall–Kier alpha value is -6.47. The maximum absolute atomic E-state index is 12.8. The van der Waals surface area contributed by atoms with Crippen molar-refractivity contribution in [1.29, 1.82) is 0 Å². The first-order chi connectivity index (χ1) is 47.1. The summed E-state index contributed by atoms with van der Waals surface area (Å²) in [6.07, 6.45) is 38.7. The van der Waals surface area contributed by atoms with Crippen LogP contribution >= 0.6 is 0 Å². The molecule has 0 spiro atoms. The van der Waals surface area contributed by atoms with Crippen LogP contribution in [0.3, 0.4) is 0 Å². The molecule has 3 fully saturated rings. The molecule has 0 radical (unpaired) electrons. The molecule has 3 aliphatic rings. The summed E-state index contributed by atoms with van der Waals surface area (Å²) in [7, 11) is 0. The Balaban J connectivity index is 0.000000306. The minimum absolute atomic E-state index is 0.0753. The van der Waals surface area contributed by atoms with Crippen LogP contribution in [0.25, 0.3) is 0 Å². The number of hydrogen-bond acceptors (Lipinski definition) is 12. The molecule has 3 aromatic rings. The SMILES string of the molecule is C=CCOc1cccc(C(=O)C#CCCC(CCCCC)OC2CCCCO2)c1CC=C.C=CCOc1cccc(C(O)C#CCCC(CCCCC)OC2CCCCO2)c1CC=C.C=CCOc1cccc([C@@H](O)C#CCC[C@H](CCCCC)OC2CCCCO2)c1CC=C. The molecule has 526 valence electrons. The molecule has 0 aromatic heterocycles. The van der Waals surface area contributed by atoms with Gasteiger partial charge in [0.1, 0.15) is 49.3 Å². The number of carbonyl (C=O) groups is 1. The molecule has 96 heavy (non-hydrogen) atoms. The van der Waals surface area contributed by atoms with Crippen LogP contribution in [-0.2, 0) is 47.7 Å². The van der Waals surface area contributed by atoms with E-state index in [9.17, 15) is 15.0 Å². The third-order valence-corrected chi connectivity index (χ3v) is 16.7. The maximum Gasteiger partial charge on any atom is 0.236 e. The molecule has 0 amide bonds. The molecule has 0 bridgehead atoms. The largest absolute Gasteiger partial charge is 0.489 e. The molecular weight excluding hydrogens is 1200 g/mol. The van der Waals surface area contributed by atoms with E-state index in [1.165, 1.54) is 51.4 Å². The van der Waals surface area contributed by atoms with Crippen molar-refractivity contribution in [3.05, 3.63) is 164 Å². The molecule has 3 aliphatic heterocycles. The van der Waals surface area contributed by atoms with E-state index in [1.807, 2.05) is 60.7 Å². The normalized spacial score (nSPS) is 17.2. The zero-order valence-corrected chi connectivity index (χ0v) is 59.0. The number of Topliss-reactive ketones (excluding diaryl/α,β-unsaturated/α-hetero) is 1. The summed E-state index contributed by atoms with van der Waals surface area (Å²) in [6.45, 7) is 32.8. The van der Waals surface area contributed by atoms with Crippen molar-refractivity contribution in [2.75, 3.05) is 39.6 Å². The molecule has 12 heteroatoms. The Morgan fingerprint density at radius 2 is 0.823 bits per heavy atom. The number of unbranched alkanes of at least 4 members (excludes halogenated alkanes) is 6. The van der Waals surface area contributed by atoms with Gasteiger partial charge in [-0.25, -0.2) is 0 Å². The topological polar surface area (TPSA) is 141 Å². The van der Waals surface area contributed by atoms with Gasteiger partial charge in [0.25, 0.3) is 0 Å². The number of allylic oxidation sites excluding steroid dienone is 3. The van der Waals surface area contributed by atoms with Crippen LogP contribution in [0, 0.1) is 35.5 Å². The first kappa shape index (κ1) is 82.0. The number of aliphatic hydroxyl groups is 2. The van der Waals surface area contributed by atoms with E-state index < -0.39 is 12.2 Å². The van der Waals surface area contributed by atoms with E-state index >= 15 is 0 Å². The van der Waals surface area contributed by atoms with Crippen molar-refractivity contribution in [2.45, 2.75) is 263 Å². The summed E-state index contributed by atoms with van der Waals surface area (Å²) >= 11 is 0. The lowest BCUT2D eigenvalue weighted by Crippen LogP contribution is -2.28. The molecule has 0 aliphatic carbocycles. The smallest absolute Gasteiger partial charge is 0.236 e. The highest BCUT2D eigenvalue weighted by Crippen LogP contribution is 2.31. The first-order valence-corrected chi connectivity index (χ1v) is 36.1. The lowest BCUT2D eigenvalue weighted by Gasteiger charge is -2.27. The van der Waals surface area contributed by atoms with E-state index in [-0.39, 0.29) is 43.0 Å². The third kappa shape index (κ3) is 33.2. The van der Waals surface area contributed by atoms with Crippen LogP contribution in [0.1, 0.15) is 245 Å². The van der Waals surface area contributed by atoms with Gasteiger partial charge in [0.15, 0.2) is 18.9 Å². The second-order valence-corrected chi connectivity index (χ2v) is 24.6. The summed E-state index contributed by atoms with van der Waals surface area (Å²) in [5.41, 5.74) is 4.77. The number of aliphatic hydroxyl groups excluding tert-OH is 2. The molecule has 3 saturated heterocycles. The van der Waals surface area contributed by atoms with Crippen LogP contribution in [-0.4, -0.2) is 92.8 Å². The summed E-state index contributed by atoms with van der Waals surface area (Å²) < 4.78 is 53.2. The standard InChI is InChI=1S/2C28H40O4.C28H38O4/c3*1-4-7-8-15-23(32-28-20-11-12-22-31-28)16-9-10-18-26(29)24-17-13-19-27(30-21-6-3)25(24)14-5-2/h2*5-6,13,17,19,23,26,28-29H,2-4,7-9,11-12,14-16,20-22H2,1H3;5-6,13,17,19,23,28H,2-4,7-9,11-12,14-16,20-22H2,1H3/t23-,26-,28?;;/m0../s1. The quantitative estimate of drug-likeness (QED) is 0.0183. The van der Waals surface area contributed by atoms with Gasteiger partial charge in [0.2, 0.25) is 5.78 Å². The van der Waals surface area contributed by atoms with Gasteiger partial charge in [0, 0.05) is 61.3 Å². The van der Waals surface area contributed by atoms with Crippen LogP contribution in [0.4, 0.5) is 0 Å². The average molecular weight is 1320 g/mol. The molecule has 12 nitrogen and oxygen atoms in total. The van der Waals surface area contributed by atoms with Crippen molar-refractivity contribution >= 4 is 5.78 Å². The minimum atomic E-state index is -0.863. The summed E-state index contributed by atoms with van der Waals surface area (Å²) in [5, 5.41) is 21.5. The number of ether oxygens (including phenoxy) is 9. The number of rotatable bonds is 42. The number of hydrogen-bond donors (Lipinski definition) is 2. The fourth-order valence-electron chi connectivity index (χ4n) is 11.6. The third-order valence-electron chi connectivity index (χ3n) is 16.7. The zero-order valence-electron chi connectivity index (χ0n) is 59.0. The maximum atomic E-state index is 12.8. The van der Waals surface area contributed by atoms with Crippen molar-refractivity contribution < 1.29 is 57.6 Å². The summed E-state index contributed by atoms with van der Waals surface area (Å²) in [6, 6.07) is 16.8. The predicted octanol–water partition coefficient (Wildman–Crippen LogP) is 19.0. The Kier molecular flexibility index (Phi) is 44.9. The molecular formula is C84H118O12. The van der Waals surface area contributed by atoms with Gasteiger partial charge in [-0.1, -0.05) is 183 Å². The van der Waals surface area contributed by atoms with Crippen molar-refractivity contribution in [3.8, 4) is 52.8 Å². The number of ketones is 1. The Morgan fingerprint density at radius 3 is 1.17 bits per heavy atom. The summed E-state index contributed by atoms with van der Waals surface area (Å²) in [4.78, 5) is 12.8. The fraction of sp³-hybridized carbons (Fsp3) is 0.560. The van der Waals surface area contributed by atoms with Crippen LogP contribution in [0.5, 0.6) is 17.2 Å². The second-order valence-electron chi connectivity index (χ2n) is 24.6. The predicted molar refractivity (Wildman–Crippen MR) is 391 cm³/mol. The Morgan fingerprint density at radius 1 is 0.469 bits per heavy atom. The fourth-order valence-corrected chi connectivity index (χ4v) is 11.6. The van der Waals surface area contributed by atoms with Crippen LogP contribution < -0.4 is 14.2 Å². The van der Waals surface area contributed by atoms with Crippen molar-refractivity contribution in [1.82, 2.24) is 0 Å². The van der Waals surface area contributed by atoms with Crippen LogP contribution in [0.2, 0.25) is 0 Å². The Labute approximate surface area is 579 Å². The second kappa shape index (κ2) is 52.6. The monoisotopic (exact) mass is 1320 g/mol. The van der Waals surface area contributed by atoms with Gasteiger partial charge in [-0.05, 0) is 157 Å². The first-order valence-electron chi connectivity index (χ1n) is 36.1. The molecule has 2 N–H and O–H groups in total. The number of carbonyl (C=O) groups excluding carboxylic acids is 1. The van der Waals surface area contributed by atoms with E-state index in [1.54, 1.807) is 30.4 Å². The van der Waals surface area contributed by atoms with Gasteiger partial charge in [-0.15, -0.1) is 31.6 Å². The lowest BCUT2D eigenvalue weighted by molar-refractivity contribution is -0.190. The molecule has 6 unspecified atom stereocenters. The van der Waals surface area contributed by atoms with Crippen molar-refractivity contribution in [3.63, 3.8) is 0 Å². The average Bonchev–Trinajstić information content (AvgIpc) is 0.927.